The molecule has 18 heavy (non-hydrogen) atoms. The maximum Gasteiger partial charge on any atom is 0.318 e. The molecule has 2 aromatic carbocycles. The van der Waals surface area contributed by atoms with Crippen molar-refractivity contribution in [2.75, 3.05) is 0 Å². The Labute approximate surface area is 105 Å². The lowest BCUT2D eigenvalue weighted by Crippen LogP contribution is -2.27. The standard InChI is InChI=1S/C12H10.C2H4N2O2/c1-3-7-11(8-4-1)12-9-5-2-6-10-12;3-2(6)4-1-5/h1-10H;1H,(H3,3,4,5,6). The fourth-order valence-corrected chi connectivity index (χ4v) is 1.32. The maximum absolute atomic E-state index is 9.48. The van der Waals surface area contributed by atoms with Gasteiger partial charge in [-0.15, -0.1) is 0 Å². The van der Waals surface area contributed by atoms with Gasteiger partial charge in [0, 0.05) is 0 Å². The van der Waals surface area contributed by atoms with Crippen molar-refractivity contribution in [3.63, 3.8) is 0 Å². The third kappa shape index (κ3) is 4.94. The van der Waals surface area contributed by atoms with Crippen molar-refractivity contribution in [3.8, 4) is 11.1 Å². The minimum absolute atomic E-state index is 0.225. The highest BCUT2D eigenvalue weighted by molar-refractivity contribution is 5.82. The van der Waals surface area contributed by atoms with Gasteiger partial charge in [-0.3, -0.25) is 10.1 Å². The zero-order valence-corrected chi connectivity index (χ0v) is 9.74. The van der Waals surface area contributed by atoms with E-state index in [4.69, 9.17) is 0 Å². The summed E-state index contributed by atoms with van der Waals surface area (Å²) >= 11 is 0. The SMILES string of the molecule is NC(=O)NC=O.c1ccc(-c2ccccc2)cc1. The van der Waals surface area contributed by atoms with Crippen LogP contribution in [0.3, 0.4) is 0 Å². The van der Waals surface area contributed by atoms with E-state index in [1.165, 1.54) is 11.1 Å². The lowest BCUT2D eigenvalue weighted by atomic mass is 10.1. The third-order valence-electron chi connectivity index (χ3n) is 2.08. The van der Waals surface area contributed by atoms with E-state index in [1.807, 2.05) is 12.1 Å². The number of carbonyl (C=O) groups is 2. The number of hydrogen-bond donors (Lipinski definition) is 2. The van der Waals surface area contributed by atoms with E-state index in [2.05, 4.69) is 54.3 Å². The normalized spacial score (nSPS) is 8.67. The lowest BCUT2D eigenvalue weighted by Gasteiger charge is -1.98. The van der Waals surface area contributed by atoms with Crippen molar-refractivity contribution in [2.45, 2.75) is 0 Å². The number of rotatable bonds is 2. The lowest BCUT2D eigenvalue weighted by molar-refractivity contribution is -0.108. The van der Waals surface area contributed by atoms with Gasteiger partial charge in [0.25, 0.3) is 0 Å². The Hall–Kier alpha value is -2.62. The molecule has 0 heterocycles. The van der Waals surface area contributed by atoms with Crippen molar-refractivity contribution in [2.24, 2.45) is 5.73 Å². The molecule has 0 saturated carbocycles. The largest absolute Gasteiger partial charge is 0.351 e. The Morgan fingerprint density at radius 3 is 1.50 bits per heavy atom. The van der Waals surface area contributed by atoms with E-state index < -0.39 is 6.03 Å². The summed E-state index contributed by atoms with van der Waals surface area (Å²) in [7, 11) is 0. The van der Waals surface area contributed by atoms with Crippen LogP contribution in [-0.2, 0) is 4.79 Å². The molecule has 92 valence electrons. The van der Waals surface area contributed by atoms with Gasteiger partial charge in [-0.2, -0.15) is 0 Å². The fourth-order valence-electron chi connectivity index (χ4n) is 1.32. The summed E-state index contributed by atoms with van der Waals surface area (Å²) in [5, 5.41) is 1.67. The molecule has 0 fully saturated rings. The van der Waals surface area contributed by atoms with E-state index in [0.29, 0.717) is 0 Å². The van der Waals surface area contributed by atoms with Crippen LogP contribution >= 0.6 is 0 Å². The first-order valence-electron chi connectivity index (χ1n) is 5.34. The zero-order valence-electron chi connectivity index (χ0n) is 9.74. The highest BCUT2D eigenvalue weighted by Crippen LogP contribution is 2.17. The predicted octanol–water partition coefficient (Wildman–Crippen LogP) is 2.16. The molecule has 0 spiro atoms. The number of benzene rings is 2. The Morgan fingerprint density at radius 1 is 0.889 bits per heavy atom. The smallest absolute Gasteiger partial charge is 0.318 e. The van der Waals surface area contributed by atoms with Gasteiger partial charge in [-0.1, -0.05) is 60.7 Å². The van der Waals surface area contributed by atoms with Crippen LogP contribution < -0.4 is 11.1 Å². The van der Waals surface area contributed by atoms with E-state index in [-0.39, 0.29) is 6.41 Å². The zero-order chi connectivity index (χ0) is 13.2. The third-order valence-corrected chi connectivity index (χ3v) is 2.08. The molecule has 0 aliphatic rings. The van der Waals surface area contributed by atoms with E-state index in [0.717, 1.165) is 0 Å². The summed E-state index contributed by atoms with van der Waals surface area (Å²) in [5.41, 5.74) is 6.97. The predicted molar refractivity (Wildman–Crippen MR) is 70.7 cm³/mol. The molecule has 0 unspecified atom stereocenters. The minimum Gasteiger partial charge on any atom is -0.351 e. The van der Waals surface area contributed by atoms with Crippen molar-refractivity contribution < 1.29 is 9.59 Å². The molecule has 0 aliphatic carbocycles. The Morgan fingerprint density at radius 2 is 1.28 bits per heavy atom. The molecule has 0 aliphatic heterocycles. The summed E-state index contributed by atoms with van der Waals surface area (Å²) in [6, 6.07) is 20.0. The van der Waals surface area contributed by atoms with Crippen LogP contribution in [0.5, 0.6) is 0 Å². The summed E-state index contributed by atoms with van der Waals surface area (Å²) in [4.78, 5) is 18.7. The second-order valence-electron chi connectivity index (χ2n) is 3.36. The van der Waals surface area contributed by atoms with Crippen LogP contribution in [0.15, 0.2) is 60.7 Å². The Bertz CT molecular complexity index is 446. The van der Waals surface area contributed by atoms with Gasteiger partial charge in [0.2, 0.25) is 6.41 Å². The average Bonchev–Trinajstić information content (AvgIpc) is 2.41. The van der Waals surface area contributed by atoms with Crippen molar-refractivity contribution in [1.29, 1.82) is 0 Å². The molecule has 0 saturated heterocycles. The van der Waals surface area contributed by atoms with Gasteiger partial charge in [-0.05, 0) is 11.1 Å². The maximum atomic E-state index is 9.48. The number of hydrogen-bond acceptors (Lipinski definition) is 2. The van der Waals surface area contributed by atoms with Gasteiger partial charge in [0.1, 0.15) is 0 Å². The highest BCUT2D eigenvalue weighted by atomic mass is 16.2. The molecule has 3 N–H and O–H groups in total. The molecule has 0 radical (unpaired) electrons. The molecule has 0 bridgehead atoms. The molecule has 0 atom stereocenters. The van der Waals surface area contributed by atoms with Gasteiger partial charge in [0.15, 0.2) is 0 Å². The number of amides is 3. The van der Waals surface area contributed by atoms with Crippen molar-refractivity contribution in [1.82, 2.24) is 5.32 Å². The number of carbonyl (C=O) groups excluding carboxylic acids is 2. The van der Waals surface area contributed by atoms with E-state index in [9.17, 15) is 9.59 Å². The van der Waals surface area contributed by atoms with Crippen molar-refractivity contribution in [3.05, 3.63) is 60.7 Å². The molecule has 2 aromatic rings. The van der Waals surface area contributed by atoms with E-state index >= 15 is 0 Å². The van der Waals surface area contributed by atoms with Gasteiger partial charge >= 0.3 is 6.03 Å². The van der Waals surface area contributed by atoms with E-state index in [1.54, 1.807) is 5.32 Å². The Balaban J connectivity index is 0.000000232. The number of nitrogens with two attached hydrogens (primary N) is 1. The van der Waals surface area contributed by atoms with Crippen LogP contribution in [0, 0.1) is 0 Å². The molecule has 3 amide bonds. The van der Waals surface area contributed by atoms with Crippen LogP contribution in [-0.4, -0.2) is 12.4 Å². The van der Waals surface area contributed by atoms with Crippen LogP contribution in [0.2, 0.25) is 0 Å². The molecule has 4 nitrogen and oxygen atoms in total. The summed E-state index contributed by atoms with van der Waals surface area (Å²) < 4.78 is 0. The molecular weight excluding hydrogens is 228 g/mol. The van der Waals surface area contributed by atoms with Crippen LogP contribution in [0.4, 0.5) is 4.79 Å². The topological polar surface area (TPSA) is 72.2 Å². The number of urea groups is 1. The monoisotopic (exact) mass is 242 g/mol. The second-order valence-corrected chi connectivity index (χ2v) is 3.36. The number of imide groups is 1. The quantitative estimate of drug-likeness (QED) is 0.792. The average molecular weight is 242 g/mol. The fraction of sp³-hybridized carbons (Fsp3) is 0. The molecule has 2 rings (SSSR count). The molecule has 0 aromatic heterocycles. The van der Waals surface area contributed by atoms with Crippen molar-refractivity contribution >= 4 is 12.4 Å². The second kappa shape index (κ2) is 7.62. The number of primary amides is 1. The van der Waals surface area contributed by atoms with Crippen LogP contribution in [0.1, 0.15) is 0 Å². The molecular formula is C14H14N2O2. The van der Waals surface area contributed by atoms with Gasteiger partial charge < -0.3 is 5.73 Å². The van der Waals surface area contributed by atoms with Crippen LogP contribution in [0.25, 0.3) is 11.1 Å². The first kappa shape index (κ1) is 13.4. The Kier molecular flexibility index (Phi) is 5.69. The minimum atomic E-state index is -0.829. The summed E-state index contributed by atoms with van der Waals surface area (Å²) in [6.07, 6.45) is 0.225. The first-order chi connectivity index (χ1) is 8.74. The molecule has 4 heteroatoms. The summed E-state index contributed by atoms with van der Waals surface area (Å²) in [6.45, 7) is 0. The number of nitrogens with one attached hydrogen (secondary N) is 1. The van der Waals surface area contributed by atoms with Gasteiger partial charge in [0.05, 0.1) is 0 Å². The highest BCUT2D eigenvalue weighted by Gasteiger charge is 1.91. The van der Waals surface area contributed by atoms with Gasteiger partial charge in [-0.25, -0.2) is 4.79 Å². The first-order valence-corrected chi connectivity index (χ1v) is 5.34. The summed E-state index contributed by atoms with van der Waals surface area (Å²) in [5.74, 6) is 0.